The van der Waals surface area contributed by atoms with Gasteiger partial charge in [0.25, 0.3) is 0 Å². The molecule has 29 heavy (non-hydrogen) atoms. The van der Waals surface area contributed by atoms with E-state index in [9.17, 15) is 4.79 Å². The maximum atomic E-state index is 11.6. The van der Waals surface area contributed by atoms with E-state index in [1.807, 2.05) is 6.92 Å². The monoisotopic (exact) mass is 416 g/mol. The van der Waals surface area contributed by atoms with Crippen LogP contribution in [0.15, 0.2) is 29.4 Å². The van der Waals surface area contributed by atoms with Crippen molar-refractivity contribution in [2.24, 2.45) is 11.7 Å². The molecule has 0 aliphatic heterocycles. The lowest BCUT2D eigenvalue weighted by molar-refractivity contribution is -0.117. The van der Waals surface area contributed by atoms with Crippen molar-refractivity contribution in [3.8, 4) is 11.4 Å². The first-order chi connectivity index (χ1) is 13.6. The van der Waals surface area contributed by atoms with Gasteiger partial charge in [0.2, 0.25) is 5.91 Å². The van der Waals surface area contributed by atoms with Crippen molar-refractivity contribution in [1.29, 1.82) is 0 Å². The minimum absolute atomic E-state index is 0.109. The van der Waals surface area contributed by atoms with Crippen LogP contribution in [-0.4, -0.2) is 25.9 Å². The van der Waals surface area contributed by atoms with Gasteiger partial charge < -0.3 is 10.3 Å². The Hall–Kier alpha value is -1.82. The highest BCUT2D eigenvalue weighted by atomic mass is 32.2. The van der Waals surface area contributed by atoms with E-state index in [0.717, 1.165) is 23.1 Å². The molecule has 0 fully saturated rings. The molecule has 5 nitrogen and oxygen atoms in total. The molecule has 6 heteroatoms. The van der Waals surface area contributed by atoms with E-state index in [0.29, 0.717) is 5.92 Å². The Morgan fingerprint density at radius 2 is 1.79 bits per heavy atom. The van der Waals surface area contributed by atoms with Gasteiger partial charge in [-0.3, -0.25) is 4.79 Å². The quantitative estimate of drug-likeness (QED) is 0.414. The van der Waals surface area contributed by atoms with Crippen LogP contribution in [0, 0.1) is 5.92 Å². The molecule has 1 aromatic carbocycles. The molecular weight excluding hydrogens is 380 g/mol. The van der Waals surface area contributed by atoms with E-state index >= 15 is 0 Å². The summed E-state index contributed by atoms with van der Waals surface area (Å²) in [7, 11) is 0. The van der Waals surface area contributed by atoms with Crippen molar-refractivity contribution < 1.29 is 4.79 Å². The minimum Gasteiger partial charge on any atom is -0.369 e. The average molecular weight is 417 g/mol. The lowest BCUT2D eigenvalue weighted by Gasteiger charge is -2.20. The van der Waals surface area contributed by atoms with Crippen LogP contribution in [-0.2, 0) is 16.8 Å². The van der Waals surface area contributed by atoms with Crippen LogP contribution in [0.1, 0.15) is 72.8 Å². The second-order valence-electron chi connectivity index (χ2n) is 9.01. The highest BCUT2D eigenvalue weighted by Crippen LogP contribution is 2.30. The minimum atomic E-state index is -0.343. The molecule has 1 heterocycles. The van der Waals surface area contributed by atoms with E-state index in [1.54, 1.807) is 0 Å². The summed E-state index contributed by atoms with van der Waals surface area (Å²) in [6.07, 6.45) is 4.88. The number of carbonyl (C=O) groups is 1. The number of primary amides is 1. The summed E-state index contributed by atoms with van der Waals surface area (Å²) in [5.74, 6) is 1.02. The molecule has 0 saturated carbocycles. The molecule has 0 bridgehead atoms. The van der Waals surface area contributed by atoms with Crippen molar-refractivity contribution in [3.05, 3.63) is 29.8 Å². The number of hydrogen-bond donors (Lipinski definition) is 1. The number of unbranched alkanes of at least 4 members (excludes halogenated alkanes) is 2. The predicted octanol–water partition coefficient (Wildman–Crippen LogP) is 5.42. The van der Waals surface area contributed by atoms with Crippen molar-refractivity contribution >= 4 is 17.7 Å². The second kappa shape index (κ2) is 10.3. The van der Waals surface area contributed by atoms with E-state index in [2.05, 4.69) is 73.6 Å². The molecule has 1 aromatic heterocycles. The van der Waals surface area contributed by atoms with Crippen molar-refractivity contribution in [2.75, 3.05) is 0 Å². The fourth-order valence-electron chi connectivity index (χ4n) is 3.24. The van der Waals surface area contributed by atoms with Crippen LogP contribution >= 0.6 is 11.8 Å². The number of aromatic nitrogens is 3. The number of carbonyl (C=O) groups excluding carboxylic acids is 1. The molecule has 2 rings (SSSR count). The SMILES string of the molecule is CCCCC[C@H](C)Cn1c(S[C@H](C)C(N)=O)nnc1-c1ccc(C(C)(C)C)cc1. The van der Waals surface area contributed by atoms with Crippen LogP contribution < -0.4 is 5.73 Å². The standard InChI is InChI=1S/C23H36N4OS/c1-7-8-9-10-16(2)15-27-21(25-26-22(27)29-17(3)20(24)28)18-11-13-19(14-12-18)23(4,5)6/h11-14,16-17H,7-10,15H2,1-6H3,(H2,24,28)/t16-,17+/m0/s1. The number of benzene rings is 1. The Morgan fingerprint density at radius 3 is 2.34 bits per heavy atom. The summed E-state index contributed by atoms with van der Waals surface area (Å²) < 4.78 is 2.16. The number of nitrogens with two attached hydrogens (primary N) is 1. The van der Waals surface area contributed by atoms with Crippen LogP contribution in [0.2, 0.25) is 0 Å². The number of rotatable bonds is 10. The summed E-state index contributed by atoms with van der Waals surface area (Å²) in [5, 5.41) is 9.30. The molecule has 0 unspecified atom stereocenters. The third-order valence-corrected chi connectivity index (χ3v) is 6.30. The number of thioether (sulfide) groups is 1. The maximum absolute atomic E-state index is 11.6. The van der Waals surface area contributed by atoms with Gasteiger partial charge in [0.1, 0.15) is 0 Å². The molecule has 2 atom stereocenters. The van der Waals surface area contributed by atoms with E-state index in [1.165, 1.54) is 43.0 Å². The van der Waals surface area contributed by atoms with Crippen LogP contribution in [0.3, 0.4) is 0 Å². The first-order valence-electron chi connectivity index (χ1n) is 10.6. The second-order valence-corrected chi connectivity index (χ2v) is 10.3. The molecular formula is C23H36N4OS. The fourth-order valence-corrected chi connectivity index (χ4v) is 4.04. The smallest absolute Gasteiger partial charge is 0.230 e. The molecule has 2 N–H and O–H groups in total. The molecule has 0 spiro atoms. The summed E-state index contributed by atoms with van der Waals surface area (Å²) in [5.41, 5.74) is 7.92. The average Bonchev–Trinajstić information content (AvgIpc) is 3.03. The van der Waals surface area contributed by atoms with Gasteiger partial charge in [-0.15, -0.1) is 10.2 Å². The molecule has 1 amide bonds. The number of nitrogens with zero attached hydrogens (tertiary/aromatic N) is 3. The van der Waals surface area contributed by atoms with Crippen molar-refractivity contribution in [3.63, 3.8) is 0 Å². The molecule has 2 aromatic rings. The Balaban J connectivity index is 2.33. The van der Waals surface area contributed by atoms with Gasteiger partial charge in [0.15, 0.2) is 11.0 Å². The lowest BCUT2D eigenvalue weighted by Crippen LogP contribution is -2.23. The molecule has 0 aliphatic carbocycles. The highest BCUT2D eigenvalue weighted by Gasteiger charge is 2.21. The lowest BCUT2D eigenvalue weighted by atomic mass is 9.86. The Bertz CT molecular complexity index is 792. The van der Waals surface area contributed by atoms with Crippen LogP contribution in [0.4, 0.5) is 0 Å². The zero-order valence-electron chi connectivity index (χ0n) is 18.7. The van der Waals surface area contributed by atoms with E-state index < -0.39 is 0 Å². The number of amides is 1. The Morgan fingerprint density at radius 1 is 1.14 bits per heavy atom. The van der Waals surface area contributed by atoms with Gasteiger partial charge in [0, 0.05) is 12.1 Å². The zero-order chi connectivity index (χ0) is 21.6. The molecule has 160 valence electrons. The first kappa shape index (κ1) is 23.5. The third-order valence-electron chi connectivity index (χ3n) is 5.20. The van der Waals surface area contributed by atoms with Gasteiger partial charge >= 0.3 is 0 Å². The molecule has 0 radical (unpaired) electrons. The topological polar surface area (TPSA) is 73.8 Å². The Kier molecular flexibility index (Phi) is 8.32. The largest absolute Gasteiger partial charge is 0.369 e. The number of hydrogen-bond acceptors (Lipinski definition) is 4. The predicted molar refractivity (Wildman–Crippen MR) is 122 cm³/mol. The molecule has 0 aliphatic rings. The van der Waals surface area contributed by atoms with Gasteiger partial charge in [0.05, 0.1) is 5.25 Å². The van der Waals surface area contributed by atoms with Gasteiger partial charge in [-0.25, -0.2) is 0 Å². The Labute approximate surface area is 179 Å². The van der Waals surface area contributed by atoms with Gasteiger partial charge in [-0.2, -0.15) is 0 Å². The van der Waals surface area contributed by atoms with Crippen LogP contribution in [0.25, 0.3) is 11.4 Å². The maximum Gasteiger partial charge on any atom is 0.230 e. The summed E-state index contributed by atoms with van der Waals surface area (Å²) in [6, 6.07) is 8.57. The van der Waals surface area contributed by atoms with E-state index in [-0.39, 0.29) is 16.6 Å². The van der Waals surface area contributed by atoms with Crippen molar-refractivity contribution in [2.45, 2.75) is 89.6 Å². The van der Waals surface area contributed by atoms with Crippen LogP contribution in [0.5, 0.6) is 0 Å². The van der Waals surface area contributed by atoms with Gasteiger partial charge in [-0.05, 0) is 30.2 Å². The summed E-state index contributed by atoms with van der Waals surface area (Å²) in [4.78, 5) is 11.6. The van der Waals surface area contributed by atoms with E-state index in [4.69, 9.17) is 5.73 Å². The third kappa shape index (κ3) is 6.59. The summed E-state index contributed by atoms with van der Waals surface area (Å²) in [6.45, 7) is 13.8. The molecule has 0 saturated heterocycles. The summed E-state index contributed by atoms with van der Waals surface area (Å²) >= 11 is 1.39. The fraction of sp³-hybridized carbons (Fsp3) is 0.609. The van der Waals surface area contributed by atoms with Gasteiger partial charge in [-0.1, -0.05) is 89.9 Å². The normalized spacial score (nSPS) is 14.0. The first-order valence-corrected chi connectivity index (χ1v) is 11.5. The highest BCUT2D eigenvalue weighted by molar-refractivity contribution is 8.00. The zero-order valence-corrected chi connectivity index (χ0v) is 19.6. The van der Waals surface area contributed by atoms with Crippen molar-refractivity contribution in [1.82, 2.24) is 14.8 Å².